The maximum absolute atomic E-state index is 12.1. The Morgan fingerprint density at radius 2 is 2.00 bits per heavy atom. The fourth-order valence-electron chi connectivity index (χ4n) is 2.10. The third kappa shape index (κ3) is 3.14. The van der Waals surface area contributed by atoms with E-state index in [0.29, 0.717) is 13.1 Å². The predicted molar refractivity (Wildman–Crippen MR) is 71.3 cm³/mol. The largest absolute Gasteiger partial charge is 0.491 e. The summed E-state index contributed by atoms with van der Waals surface area (Å²) in [6, 6.07) is 3.30. The average molecular weight is 265 g/mol. The smallest absolute Gasteiger partial charge is 0.293 e. The van der Waals surface area contributed by atoms with Crippen molar-refractivity contribution in [3.05, 3.63) is 28.7 Å². The van der Waals surface area contributed by atoms with Crippen LogP contribution in [0.3, 0.4) is 0 Å². The van der Waals surface area contributed by atoms with Gasteiger partial charge in [0.05, 0.1) is 7.11 Å². The number of rotatable bonds is 3. The summed E-state index contributed by atoms with van der Waals surface area (Å²) >= 11 is 0. The second-order valence-electron chi connectivity index (χ2n) is 4.69. The van der Waals surface area contributed by atoms with E-state index in [-0.39, 0.29) is 23.8 Å². The summed E-state index contributed by atoms with van der Waals surface area (Å²) in [7, 11) is 3.48. The van der Waals surface area contributed by atoms with Gasteiger partial charge in [0, 0.05) is 32.4 Å². The number of piperazine rings is 1. The van der Waals surface area contributed by atoms with Crippen LogP contribution in [0.4, 0.5) is 0 Å². The van der Waals surface area contributed by atoms with E-state index in [1.807, 2.05) is 7.05 Å². The van der Waals surface area contributed by atoms with E-state index in [4.69, 9.17) is 4.74 Å². The molecule has 104 valence electrons. The molecule has 2 heterocycles. The van der Waals surface area contributed by atoms with Gasteiger partial charge in [-0.1, -0.05) is 0 Å². The number of aromatic nitrogens is 1. The van der Waals surface area contributed by atoms with Crippen LogP contribution in [-0.4, -0.2) is 60.6 Å². The topological polar surface area (TPSA) is 54.8 Å². The Hall–Kier alpha value is -1.82. The van der Waals surface area contributed by atoms with Crippen molar-refractivity contribution in [2.24, 2.45) is 0 Å². The summed E-state index contributed by atoms with van der Waals surface area (Å²) in [6.45, 7) is 3.25. The molecule has 1 aliphatic rings. The van der Waals surface area contributed by atoms with Crippen molar-refractivity contribution in [3.8, 4) is 5.75 Å². The fraction of sp³-hybridized carbons (Fsp3) is 0.538. The van der Waals surface area contributed by atoms with Crippen LogP contribution < -0.4 is 10.3 Å². The summed E-state index contributed by atoms with van der Waals surface area (Å²) in [5.41, 5.74) is -0.271. The van der Waals surface area contributed by atoms with Gasteiger partial charge >= 0.3 is 0 Å². The molecule has 2 rings (SSSR count). The molecule has 0 atom stereocenters. The number of carbonyl (C=O) groups is 1. The van der Waals surface area contributed by atoms with Crippen LogP contribution in [0.1, 0.15) is 0 Å². The van der Waals surface area contributed by atoms with Gasteiger partial charge in [-0.2, -0.15) is 0 Å². The number of pyridine rings is 1. The summed E-state index contributed by atoms with van der Waals surface area (Å²) in [6.07, 6.45) is 1.61. The Kier molecular flexibility index (Phi) is 4.21. The molecular formula is C13H19N3O3. The van der Waals surface area contributed by atoms with Crippen LogP contribution in [0, 0.1) is 0 Å². The molecule has 0 aromatic carbocycles. The van der Waals surface area contributed by atoms with Gasteiger partial charge in [-0.15, -0.1) is 0 Å². The lowest BCUT2D eigenvalue weighted by molar-refractivity contribution is -0.133. The number of carbonyl (C=O) groups excluding carboxylic acids is 1. The zero-order chi connectivity index (χ0) is 13.8. The van der Waals surface area contributed by atoms with Crippen molar-refractivity contribution in [2.75, 3.05) is 40.3 Å². The standard InChI is InChI=1S/C13H19N3O3/c1-14-6-8-15(9-7-14)12(17)10-16-5-3-4-11(19-2)13(16)18/h3-5H,6-10H2,1-2H3. The van der Waals surface area contributed by atoms with Gasteiger partial charge in [0.1, 0.15) is 6.54 Å². The zero-order valence-corrected chi connectivity index (χ0v) is 11.3. The molecule has 1 aliphatic heterocycles. The van der Waals surface area contributed by atoms with Crippen molar-refractivity contribution in [1.82, 2.24) is 14.4 Å². The first-order valence-electron chi connectivity index (χ1n) is 6.31. The minimum absolute atomic E-state index is 0.0246. The molecule has 1 aromatic heterocycles. The number of ether oxygens (including phenoxy) is 1. The zero-order valence-electron chi connectivity index (χ0n) is 11.3. The van der Waals surface area contributed by atoms with E-state index < -0.39 is 0 Å². The molecule has 0 radical (unpaired) electrons. The van der Waals surface area contributed by atoms with E-state index in [0.717, 1.165) is 13.1 Å². The van der Waals surface area contributed by atoms with Crippen LogP contribution in [0.15, 0.2) is 23.1 Å². The molecule has 1 fully saturated rings. The Bertz CT molecular complexity index is 504. The van der Waals surface area contributed by atoms with Crippen molar-refractivity contribution in [3.63, 3.8) is 0 Å². The second kappa shape index (κ2) is 5.88. The molecular weight excluding hydrogens is 246 g/mol. The summed E-state index contributed by atoms with van der Waals surface area (Å²) in [5.74, 6) is 0.233. The third-order valence-corrected chi connectivity index (χ3v) is 3.37. The monoisotopic (exact) mass is 265 g/mol. The number of hydrogen-bond donors (Lipinski definition) is 0. The number of methoxy groups -OCH3 is 1. The van der Waals surface area contributed by atoms with Crippen molar-refractivity contribution >= 4 is 5.91 Å². The van der Waals surface area contributed by atoms with Gasteiger partial charge in [0.15, 0.2) is 5.75 Å². The van der Waals surface area contributed by atoms with Crippen molar-refractivity contribution < 1.29 is 9.53 Å². The molecule has 0 unspecified atom stereocenters. The molecule has 0 aliphatic carbocycles. The van der Waals surface area contributed by atoms with E-state index in [1.165, 1.54) is 11.7 Å². The van der Waals surface area contributed by atoms with E-state index in [2.05, 4.69) is 4.90 Å². The number of hydrogen-bond acceptors (Lipinski definition) is 4. The highest BCUT2D eigenvalue weighted by Gasteiger charge is 2.19. The van der Waals surface area contributed by atoms with Crippen molar-refractivity contribution in [1.29, 1.82) is 0 Å². The van der Waals surface area contributed by atoms with E-state index in [1.54, 1.807) is 23.2 Å². The number of likely N-dealkylation sites (N-methyl/N-ethyl adjacent to an activating group) is 1. The lowest BCUT2D eigenvalue weighted by Gasteiger charge is -2.32. The first kappa shape index (κ1) is 13.6. The highest BCUT2D eigenvalue weighted by Crippen LogP contribution is 2.03. The van der Waals surface area contributed by atoms with Gasteiger partial charge < -0.3 is 19.1 Å². The van der Waals surface area contributed by atoms with Gasteiger partial charge in [0.2, 0.25) is 5.91 Å². The van der Waals surface area contributed by atoms with Crippen LogP contribution in [0.2, 0.25) is 0 Å². The lowest BCUT2D eigenvalue weighted by Crippen LogP contribution is -2.48. The Labute approximate surface area is 112 Å². The quantitative estimate of drug-likeness (QED) is 0.748. The lowest BCUT2D eigenvalue weighted by atomic mass is 10.3. The van der Waals surface area contributed by atoms with Gasteiger partial charge in [-0.05, 0) is 19.2 Å². The molecule has 0 saturated carbocycles. The Morgan fingerprint density at radius 1 is 1.32 bits per heavy atom. The van der Waals surface area contributed by atoms with Gasteiger partial charge in [0.25, 0.3) is 5.56 Å². The normalized spacial score (nSPS) is 16.4. The minimum atomic E-state index is -0.271. The van der Waals surface area contributed by atoms with E-state index >= 15 is 0 Å². The first-order valence-corrected chi connectivity index (χ1v) is 6.31. The maximum Gasteiger partial charge on any atom is 0.293 e. The molecule has 0 spiro atoms. The van der Waals surface area contributed by atoms with Crippen LogP contribution in [0.5, 0.6) is 5.75 Å². The highest BCUT2D eigenvalue weighted by molar-refractivity contribution is 5.76. The Balaban J connectivity index is 2.05. The van der Waals surface area contributed by atoms with Crippen LogP contribution in [0.25, 0.3) is 0 Å². The minimum Gasteiger partial charge on any atom is -0.491 e. The molecule has 0 N–H and O–H groups in total. The van der Waals surface area contributed by atoms with Crippen LogP contribution in [-0.2, 0) is 11.3 Å². The second-order valence-corrected chi connectivity index (χ2v) is 4.69. The molecule has 6 heteroatoms. The molecule has 1 saturated heterocycles. The van der Waals surface area contributed by atoms with Gasteiger partial charge in [-0.3, -0.25) is 9.59 Å². The Morgan fingerprint density at radius 3 is 2.63 bits per heavy atom. The predicted octanol–water partition coefficient (Wildman–Crippen LogP) is -0.369. The van der Waals surface area contributed by atoms with Crippen molar-refractivity contribution in [2.45, 2.75) is 6.54 Å². The SMILES string of the molecule is COc1cccn(CC(=O)N2CCN(C)CC2)c1=O. The van der Waals surface area contributed by atoms with E-state index in [9.17, 15) is 9.59 Å². The first-order chi connectivity index (χ1) is 9.11. The fourth-order valence-corrected chi connectivity index (χ4v) is 2.10. The summed E-state index contributed by atoms with van der Waals surface area (Å²) in [5, 5.41) is 0. The number of amides is 1. The summed E-state index contributed by atoms with van der Waals surface area (Å²) in [4.78, 5) is 28.0. The highest BCUT2D eigenvalue weighted by atomic mass is 16.5. The van der Waals surface area contributed by atoms with Gasteiger partial charge in [-0.25, -0.2) is 0 Å². The maximum atomic E-state index is 12.1. The molecule has 19 heavy (non-hydrogen) atoms. The number of nitrogens with zero attached hydrogens (tertiary/aromatic N) is 3. The summed E-state index contributed by atoms with van der Waals surface area (Å²) < 4.78 is 6.35. The molecule has 1 amide bonds. The average Bonchev–Trinajstić information content (AvgIpc) is 2.42. The van der Waals surface area contributed by atoms with Crippen LogP contribution >= 0.6 is 0 Å². The molecule has 1 aromatic rings. The molecule has 0 bridgehead atoms. The third-order valence-electron chi connectivity index (χ3n) is 3.37. The molecule has 6 nitrogen and oxygen atoms in total.